The Balaban J connectivity index is 0. The van der Waals surface area contributed by atoms with Crippen LogP contribution >= 0.6 is 0 Å². The van der Waals surface area contributed by atoms with Crippen molar-refractivity contribution in [2.45, 2.75) is 114 Å². The minimum atomic E-state index is -0.794. The second kappa shape index (κ2) is 24.7. The second-order valence-corrected chi connectivity index (χ2v) is 9.83. The first-order valence-corrected chi connectivity index (χ1v) is 15.9. The van der Waals surface area contributed by atoms with E-state index >= 15 is 0 Å². The molecular formula is C33H56N4O7. The van der Waals surface area contributed by atoms with E-state index in [2.05, 4.69) is 16.0 Å². The fourth-order valence-corrected chi connectivity index (χ4v) is 3.95. The fraction of sp³-hybridized carbons (Fsp3) is 0.636. The smallest absolute Gasteiger partial charge is 0.302 e. The number of unbranched alkanes of at least 4 members (excludes halogenated alkanes) is 2. The number of rotatable bonds is 14. The average Bonchev–Trinajstić information content (AvgIpc) is 3.26. The first-order valence-electron chi connectivity index (χ1n) is 15.9. The van der Waals surface area contributed by atoms with Gasteiger partial charge in [-0.15, -0.1) is 0 Å². The van der Waals surface area contributed by atoms with E-state index in [1.807, 2.05) is 41.5 Å². The number of likely N-dealkylation sites (tertiary alicyclic amines) is 1. The average molecular weight is 621 g/mol. The summed E-state index contributed by atoms with van der Waals surface area (Å²) in [6, 6.07) is 5.96. The molecule has 1 aliphatic heterocycles. The number of nitrogens with zero attached hydrogens (tertiary/aromatic N) is 1. The maximum absolute atomic E-state index is 12.6. The lowest BCUT2D eigenvalue weighted by Gasteiger charge is -2.21. The standard InChI is InChI=1S/C27H38N4O7.3C2H6/c1-17(2)25(30-22(33)8-6-5-7-13-31-24(35)14-18(3)27(31)37)26(36)28-15-23(34)29-21-11-9-20(10-12-21)16-38-19(4)32;3*1-2/h9-12,17-18,25H,5-8,13-16H2,1-4H3,(H,28,36)(H,29,34)(H,30,33);3*1-2H3. The molecule has 0 saturated carbocycles. The molecule has 44 heavy (non-hydrogen) atoms. The summed E-state index contributed by atoms with van der Waals surface area (Å²) in [6.45, 7) is 18.9. The van der Waals surface area contributed by atoms with Gasteiger partial charge in [0, 0.05) is 37.9 Å². The number of amides is 5. The summed E-state index contributed by atoms with van der Waals surface area (Å²) in [5.41, 5.74) is 1.30. The Morgan fingerprint density at radius 1 is 0.909 bits per heavy atom. The zero-order valence-electron chi connectivity index (χ0n) is 28.5. The summed E-state index contributed by atoms with van der Waals surface area (Å²) in [4.78, 5) is 73.2. The number of hydrogen-bond acceptors (Lipinski definition) is 7. The molecule has 1 saturated heterocycles. The van der Waals surface area contributed by atoms with Gasteiger partial charge in [0.15, 0.2) is 0 Å². The normalized spacial score (nSPS) is 14.1. The van der Waals surface area contributed by atoms with Gasteiger partial charge >= 0.3 is 5.97 Å². The molecule has 1 aromatic carbocycles. The van der Waals surface area contributed by atoms with Crippen molar-refractivity contribution in [1.82, 2.24) is 15.5 Å². The predicted octanol–water partition coefficient (Wildman–Crippen LogP) is 4.98. The van der Waals surface area contributed by atoms with Crippen LogP contribution in [-0.2, 0) is 40.1 Å². The number of esters is 1. The van der Waals surface area contributed by atoms with Gasteiger partial charge in [0.1, 0.15) is 12.6 Å². The minimum Gasteiger partial charge on any atom is -0.461 e. The van der Waals surface area contributed by atoms with E-state index in [1.165, 1.54) is 11.8 Å². The molecule has 2 rings (SSSR count). The molecular weight excluding hydrogens is 564 g/mol. The summed E-state index contributed by atoms with van der Waals surface area (Å²) < 4.78 is 4.92. The largest absolute Gasteiger partial charge is 0.461 e. The maximum Gasteiger partial charge on any atom is 0.302 e. The molecule has 1 fully saturated rings. The SMILES string of the molecule is CC.CC.CC.CC(=O)OCc1ccc(NC(=O)CNC(=O)C(NC(=O)CCCCCN2C(=O)CC(C)C2=O)C(C)C)cc1. The van der Waals surface area contributed by atoms with Gasteiger partial charge in [-0.2, -0.15) is 0 Å². The number of carbonyl (C=O) groups excluding carboxylic acids is 6. The van der Waals surface area contributed by atoms with Gasteiger partial charge in [-0.1, -0.05) is 80.9 Å². The van der Waals surface area contributed by atoms with E-state index in [-0.39, 0.29) is 61.5 Å². The highest BCUT2D eigenvalue weighted by Crippen LogP contribution is 2.19. The third kappa shape index (κ3) is 16.8. The van der Waals surface area contributed by atoms with Crippen LogP contribution in [-0.4, -0.2) is 59.5 Å². The van der Waals surface area contributed by atoms with Crippen molar-refractivity contribution >= 4 is 41.2 Å². The summed E-state index contributed by atoms with van der Waals surface area (Å²) in [5.74, 6) is -2.28. The molecule has 0 aromatic heterocycles. The second-order valence-electron chi connectivity index (χ2n) is 9.83. The third-order valence-electron chi connectivity index (χ3n) is 6.12. The fourth-order valence-electron chi connectivity index (χ4n) is 3.95. The van der Waals surface area contributed by atoms with Crippen LogP contribution in [0.15, 0.2) is 24.3 Å². The van der Waals surface area contributed by atoms with Crippen molar-refractivity contribution < 1.29 is 33.5 Å². The molecule has 1 heterocycles. The van der Waals surface area contributed by atoms with Gasteiger partial charge < -0.3 is 20.7 Å². The molecule has 2 unspecified atom stereocenters. The quantitative estimate of drug-likeness (QED) is 0.151. The summed E-state index contributed by atoms with van der Waals surface area (Å²) >= 11 is 0. The van der Waals surface area contributed by atoms with Crippen molar-refractivity contribution in [3.63, 3.8) is 0 Å². The van der Waals surface area contributed by atoms with Crippen molar-refractivity contribution in [3.8, 4) is 0 Å². The van der Waals surface area contributed by atoms with Crippen LogP contribution in [0.4, 0.5) is 5.69 Å². The molecule has 11 nitrogen and oxygen atoms in total. The van der Waals surface area contributed by atoms with Crippen molar-refractivity contribution in [2.24, 2.45) is 11.8 Å². The summed E-state index contributed by atoms with van der Waals surface area (Å²) in [6.07, 6.45) is 2.32. The van der Waals surface area contributed by atoms with Gasteiger partial charge in [0.2, 0.25) is 29.5 Å². The molecule has 0 aliphatic carbocycles. The summed E-state index contributed by atoms with van der Waals surface area (Å²) in [7, 11) is 0. The maximum atomic E-state index is 12.6. The predicted molar refractivity (Wildman–Crippen MR) is 173 cm³/mol. The Morgan fingerprint density at radius 2 is 1.50 bits per heavy atom. The van der Waals surface area contributed by atoms with Gasteiger partial charge in [-0.25, -0.2) is 0 Å². The number of carbonyl (C=O) groups is 6. The van der Waals surface area contributed by atoms with Crippen molar-refractivity contribution in [3.05, 3.63) is 29.8 Å². The van der Waals surface area contributed by atoms with Crippen molar-refractivity contribution in [1.29, 1.82) is 0 Å². The van der Waals surface area contributed by atoms with Crippen LogP contribution in [0.2, 0.25) is 0 Å². The Morgan fingerprint density at radius 3 is 2.00 bits per heavy atom. The van der Waals surface area contributed by atoms with E-state index < -0.39 is 17.9 Å². The molecule has 0 radical (unpaired) electrons. The van der Waals surface area contributed by atoms with Crippen LogP contribution in [0.25, 0.3) is 0 Å². The van der Waals surface area contributed by atoms with Crippen LogP contribution < -0.4 is 16.0 Å². The lowest BCUT2D eigenvalue weighted by atomic mass is 10.0. The zero-order valence-corrected chi connectivity index (χ0v) is 28.5. The van der Waals surface area contributed by atoms with Crippen LogP contribution in [0.5, 0.6) is 0 Å². The molecule has 1 aromatic rings. The third-order valence-corrected chi connectivity index (χ3v) is 6.12. The Hall–Kier alpha value is -3.76. The van der Waals surface area contributed by atoms with Gasteiger partial charge in [-0.05, 0) is 36.5 Å². The van der Waals surface area contributed by atoms with E-state index in [9.17, 15) is 28.8 Å². The summed E-state index contributed by atoms with van der Waals surface area (Å²) in [5, 5.41) is 7.96. The lowest BCUT2D eigenvalue weighted by Crippen LogP contribution is -2.51. The Labute approximate surface area is 264 Å². The highest BCUT2D eigenvalue weighted by Gasteiger charge is 2.34. The molecule has 0 bridgehead atoms. The number of hydrogen-bond donors (Lipinski definition) is 3. The minimum absolute atomic E-state index is 0.138. The van der Waals surface area contributed by atoms with Gasteiger partial charge in [0.05, 0.1) is 6.54 Å². The van der Waals surface area contributed by atoms with Crippen LogP contribution in [0.3, 0.4) is 0 Å². The number of imide groups is 1. The first kappa shape index (κ1) is 42.4. The van der Waals surface area contributed by atoms with E-state index in [4.69, 9.17) is 4.74 Å². The highest BCUT2D eigenvalue weighted by molar-refractivity contribution is 6.03. The van der Waals surface area contributed by atoms with Crippen LogP contribution in [0, 0.1) is 11.8 Å². The Bertz CT molecular complexity index is 1030. The first-order chi connectivity index (χ1) is 21.0. The number of ether oxygens (including phenoxy) is 1. The van der Waals surface area contributed by atoms with E-state index in [1.54, 1.807) is 45.0 Å². The number of anilines is 1. The molecule has 5 amide bonds. The monoisotopic (exact) mass is 620 g/mol. The lowest BCUT2D eigenvalue weighted by molar-refractivity contribution is -0.142. The van der Waals surface area contributed by atoms with Crippen molar-refractivity contribution in [2.75, 3.05) is 18.4 Å². The highest BCUT2D eigenvalue weighted by atomic mass is 16.5. The van der Waals surface area contributed by atoms with Gasteiger partial charge in [-0.3, -0.25) is 33.7 Å². The molecule has 2 atom stereocenters. The molecule has 1 aliphatic rings. The van der Waals surface area contributed by atoms with E-state index in [0.717, 1.165) is 5.56 Å². The van der Waals surface area contributed by atoms with E-state index in [0.29, 0.717) is 31.5 Å². The molecule has 0 spiro atoms. The Kier molecular flexibility index (Phi) is 23.7. The number of benzene rings is 1. The van der Waals surface area contributed by atoms with Gasteiger partial charge in [0.25, 0.3) is 0 Å². The molecule has 3 N–H and O–H groups in total. The van der Waals surface area contributed by atoms with Crippen LogP contribution in [0.1, 0.15) is 107 Å². The zero-order chi connectivity index (χ0) is 34.2. The molecule has 11 heteroatoms. The topological polar surface area (TPSA) is 151 Å². The number of nitrogens with one attached hydrogen (secondary N) is 3. The molecule has 250 valence electrons.